The first-order valence-corrected chi connectivity index (χ1v) is 38.8. The maximum atomic E-state index is 12.6. The Morgan fingerprint density at radius 2 is 0.600 bits per heavy atom. The van der Waals surface area contributed by atoms with Crippen LogP contribution in [0.5, 0.6) is 0 Å². The van der Waals surface area contributed by atoms with Crippen LogP contribution < -0.4 is 5.32 Å². The zero-order valence-corrected chi connectivity index (χ0v) is 57.6. The van der Waals surface area contributed by atoms with E-state index in [1.54, 1.807) is 6.08 Å². The van der Waals surface area contributed by atoms with Gasteiger partial charge in [-0.1, -0.05) is 397 Å². The number of esters is 1. The molecule has 0 rings (SSSR count). The van der Waals surface area contributed by atoms with Crippen molar-refractivity contribution in [1.82, 2.24) is 5.32 Å². The number of nitrogens with one attached hydrogen (secondary N) is 1. The molecule has 0 saturated carbocycles. The number of carbonyl (C=O) groups excluding carboxylic acids is 2. The van der Waals surface area contributed by atoms with Crippen LogP contribution >= 0.6 is 0 Å². The Labute approximate surface area is 532 Å². The van der Waals surface area contributed by atoms with Crippen LogP contribution in [0.25, 0.3) is 0 Å². The third-order valence-corrected chi connectivity index (χ3v) is 18.2. The van der Waals surface area contributed by atoms with Crippen molar-refractivity contribution in [3.63, 3.8) is 0 Å². The number of ether oxygens (including phenoxy) is 1. The smallest absolute Gasteiger partial charge is 0.305 e. The molecule has 6 nitrogen and oxygen atoms in total. The highest BCUT2D eigenvalue weighted by Gasteiger charge is 2.18. The summed E-state index contributed by atoms with van der Waals surface area (Å²) in [5, 5.41) is 23.3. The molecule has 0 aromatic carbocycles. The summed E-state index contributed by atoms with van der Waals surface area (Å²) in [4.78, 5) is 24.6. The topological polar surface area (TPSA) is 95.9 Å². The molecule has 0 aliphatic heterocycles. The van der Waals surface area contributed by atoms with E-state index in [0.717, 1.165) is 51.4 Å². The quantitative estimate of drug-likeness (QED) is 0.0320. The van der Waals surface area contributed by atoms with Crippen LogP contribution in [0.15, 0.2) is 36.5 Å². The predicted molar refractivity (Wildman–Crippen MR) is 375 cm³/mol. The number of unbranched alkanes of at least 4 members (excludes halogenated alkanes) is 58. The molecule has 1 amide bonds. The third kappa shape index (κ3) is 71.0. The van der Waals surface area contributed by atoms with Crippen LogP contribution in [0, 0.1) is 0 Å². The van der Waals surface area contributed by atoms with E-state index in [0.29, 0.717) is 19.4 Å². The van der Waals surface area contributed by atoms with Gasteiger partial charge in [-0.3, -0.25) is 9.59 Å². The first-order chi connectivity index (χ1) is 42.0. The number of allylic oxidation sites excluding steroid dienone is 5. The average molecular weight is 1200 g/mol. The molecule has 0 radical (unpaired) electrons. The maximum Gasteiger partial charge on any atom is 0.305 e. The van der Waals surface area contributed by atoms with E-state index >= 15 is 0 Å². The number of hydrogen-bond donors (Lipinski definition) is 3. The highest BCUT2D eigenvalue weighted by Crippen LogP contribution is 2.20. The molecule has 0 aliphatic carbocycles. The molecule has 0 spiro atoms. The van der Waals surface area contributed by atoms with Crippen molar-refractivity contribution in [2.45, 2.75) is 443 Å². The molecular weight excluding hydrogens is 1040 g/mol. The van der Waals surface area contributed by atoms with Crippen molar-refractivity contribution >= 4 is 11.9 Å². The van der Waals surface area contributed by atoms with Gasteiger partial charge in [-0.25, -0.2) is 0 Å². The lowest BCUT2D eigenvalue weighted by Gasteiger charge is -2.20. The molecule has 0 fully saturated rings. The van der Waals surface area contributed by atoms with Crippen molar-refractivity contribution in [2.75, 3.05) is 13.2 Å². The number of aliphatic hydroxyl groups is 2. The van der Waals surface area contributed by atoms with Gasteiger partial charge in [0.1, 0.15) is 0 Å². The summed E-state index contributed by atoms with van der Waals surface area (Å²) in [5.74, 6) is -0.0536. The van der Waals surface area contributed by atoms with E-state index in [2.05, 4.69) is 43.5 Å². The van der Waals surface area contributed by atoms with Gasteiger partial charge in [0.2, 0.25) is 5.91 Å². The van der Waals surface area contributed by atoms with Gasteiger partial charge < -0.3 is 20.3 Å². The Bertz CT molecular complexity index is 1380. The molecule has 0 heterocycles. The van der Waals surface area contributed by atoms with Crippen molar-refractivity contribution in [3.8, 4) is 0 Å². The molecule has 0 saturated heterocycles. The molecule has 0 aromatic heterocycles. The molecule has 0 aromatic rings. The summed E-state index contributed by atoms with van der Waals surface area (Å²) >= 11 is 0. The second-order valence-electron chi connectivity index (χ2n) is 26.7. The van der Waals surface area contributed by atoms with E-state index in [1.165, 1.54) is 353 Å². The summed E-state index contributed by atoms with van der Waals surface area (Å²) in [6, 6.07) is -0.627. The van der Waals surface area contributed by atoms with Crippen LogP contribution in [0.3, 0.4) is 0 Å². The van der Waals surface area contributed by atoms with Crippen molar-refractivity contribution < 1.29 is 24.5 Å². The van der Waals surface area contributed by atoms with Gasteiger partial charge in [-0.2, -0.15) is 0 Å². The second-order valence-corrected chi connectivity index (χ2v) is 26.7. The Morgan fingerprint density at radius 1 is 0.329 bits per heavy atom. The number of aliphatic hydroxyl groups excluding tert-OH is 2. The average Bonchev–Trinajstić information content (AvgIpc) is 3.51. The summed E-state index contributed by atoms with van der Waals surface area (Å²) in [6.45, 7) is 4.90. The van der Waals surface area contributed by atoms with E-state index in [-0.39, 0.29) is 18.5 Å². The molecule has 0 bridgehead atoms. The van der Waals surface area contributed by atoms with Crippen LogP contribution in [-0.2, 0) is 14.3 Å². The minimum Gasteiger partial charge on any atom is -0.466 e. The molecule has 2 atom stereocenters. The van der Waals surface area contributed by atoms with Crippen molar-refractivity contribution in [3.05, 3.63) is 36.5 Å². The Balaban J connectivity index is 3.37. The molecule has 85 heavy (non-hydrogen) atoms. The third-order valence-electron chi connectivity index (χ3n) is 18.2. The van der Waals surface area contributed by atoms with Crippen molar-refractivity contribution in [1.29, 1.82) is 0 Å². The number of carbonyl (C=O) groups is 2. The lowest BCUT2D eigenvalue weighted by molar-refractivity contribution is -0.143. The van der Waals surface area contributed by atoms with E-state index in [9.17, 15) is 19.8 Å². The SMILES string of the molecule is CCCC/C=C\C/C=C\CCCCCCCC(=O)OCCCCCCCCCCCCCCCCCCCCCCCCCCCCCCCCC(=O)NC(CO)C(O)/C=C/CCCCCCCCCCCCCCCCCCCCCCCC. The van der Waals surface area contributed by atoms with Gasteiger partial charge in [0, 0.05) is 12.8 Å². The van der Waals surface area contributed by atoms with Crippen LogP contribution in [0.1, 0.15) is 431 Å². The lowest BCUT2D eigenvalue weighted by atomic mass is 10.0. The highest BCUT2D eigenvalue weighted by atomic mass is 16.5. The van der Waals surface area contributed by atoms with E-state index in [4.69, 9.17) is 4.74 Å². The van der Waals surface area contributed by atoms with Crippen LogP contribution in [-0.4, -0.2) is 47.4 Å². The Hall–Kier alpha value is -1.92. The van der Waals surface area contributed by atoms with Gasteiger partial charge in [0.05, 0.1) is 25.4 Å². The predicted octanol–water partition coefficient (Wildman–Crippen LogP) is 25.4. The fraction of sp³-hybridized carbons (Fsp3) is 0.899. The summed E-state index contributed by atoms with van der Waals surface area (Å²) in [6.07, 6.45) is 96.9. The zero-order chi connectivity index (χ0) is 61.3. The normalized spacial score (nSPS) is 12.7. The molecule has 502 valence electrons. The summed E-state index contributed by atoms with van der Waals surface area (Å²) < 4.78 is 5.49. The van der Waals surface area contributed by atoms with Gasteiger partial charge in [-0.15, -0.1) is 0 Å². The first kappa shape index (κ1) is 83.1. The molecular formula is C79H151NO5. The molecule has 0 aliphatic rings. The number of hydrogen-bond acceptors (Lipinski definition) is 5. The monoisotopic (exact) mass is 1190 g/mol. The number of rotatable bonds is 73. The summed E-state index contributed by atoms with van der Waals surface area (Å²) in [7, 11) is 0. The lowest BCUT2D eigenvalue weighted by Crippen LogP contribution is -2.45. The van der Waals surface area contributed by atoms with Gasteiger partial charge in [0.25, 0.3) is 0 Å². The Kier molecular flexibility index (Phi) is 72.9. The fourth-order valence-electron chi connectivity index (χ4n) is 12.2. The first-order valence-electron chi connectivity index (χ1n) is 38.8. The highest BCUT2D eigenvalue weighted by molar-refractivity contribution is 5.76. The second kappa shape index (κ2) is 74.5. The zero-order valence-electron chi connectivity index (χ0n) is 57.6. The molecule has 2 unspecified atom stereocenters. The van der Waals surface area contributed by atoms with E-state index < -0.39 is 12.1 Å². The standard InChI is InChI=1S/C79H151NO5/c1-3-5-7-9-11-13-15-17-19-20-21-22-23-32-35-38-41-44-47-51-55-59-63-67-71-77(82)76(75-81)80-78(83)72-68-64-60-56-52-48-45-42-39-36-33-30-28-26-24-25-27-29-31-34-37-40-43-46-50-54-58-62-66-70-74-85-79(84)73-69-65-61-57-53-49-18-16-14-12-10-8-6-4-2/h10,12,16,18,67,71,76-77,81-82H,3-9,11,13-15,17,19-66,68-70,72-75H2,1-2H3,(H,80,83)/b12-10-,18-16-,71-67+. The van der Waals surface area contributed by atoms with Crippen molar-refractivity contribution in [2.24, 2.45) is 0 Å². The van der Waals surface area contributed by atoms with E-state index in [1.807, 2.05) is 6.08 Å². The van der Waals surface area contributed by atoms with Gasteiger partial charge >= 0.3 is 5.97 Å². The number of amides is 1. The largest absolute Gasteiger partial charge is 0.466 e. The van der Waals surface area contributed by atoms with Gasteiger partial charge in [0.15, 0.2) is 0 Å². The maximum absolute atomic E-state index is 12.6. The fourth-order valence-corrected chi connectivity index (χ4v) is 12.2. The van der Waals surface area contributed by atoms with Crippen LogP contribution in [0.2, 0.25) is 0 Å². The van der Waals surface area contributed by atoms with Crippen LogP contribution in [0.4, 0.5) is 0 Å². The van der Waals surface area contributed by atoms with Gasteiger partial charge in [-0.05, 0) is 57.8 Å². The summed E-state index contributed by atoms with van der Waals surface area (Å²) in [5.41, 5.74) is 0. The molecule has 6 heteroatoms. The Morgan fingerprint density at radius 3 is 0.929 bits per heavy atom. The minimum absolute atomic E-state index is 0.00574. The molecule has 3 N–H and O–H groups in total. The minimum atomic E-state index is -0.843.